The van der Waals surface area contributed by atoms with Crippen LogP contribution in [0.15, 0.2) is 24.3 Å². The van der Waals surface area contributed by atoms with Gasteiger partial charge in [0.05, 0.1) is 6.42 Å². The van der Waals surface area contributed by atoms with E-state index in [1.54, 1.807) is 24.3 Å². The van der Waals surface area contributed by atoms with Crippen molar-refractivity contribution < 1.29 is 14.7 Å². The lowest BCUT2D eigenvalue weighted by atomic mass is 10.3. The Morgan fingerprint density at radius 1 is 1.29 bits per heavy atom. The molecule has 0 atom stereocenters. The standard InChI is InChI=1S/C15H19ClN2O3/c16-11-2-1-3-12(10-11)17-14(19)6-8-18(13-4-5-13)9-7-15(20)21/h1-3,10,13H,4-9H2,(H,17,19)(H,20,21). The van der Waals surface area contributed by atoms with Gasteiger partial charge in [0.2, 0.25) is 5.91 Å². The predicted molar refractivity (Wildman–Crippen MR) is 81.5 cm³/mol. The number of carbonyl (C=O) groups is 2. The van der Waals surface area contributed by atoms with Crippen molar-refractivity contribution >= 4 is 29.2 Å². The van der Waals surface area contributed by atoms with E-state index < -0.39 is 5.97 Å². The minimum Gasteiger partial charge on any atom is -0.481 e. The van der Waals surface area contributed by atoms with Crippen molar-refractivity contribution in [1.29, 1.82) is 0 Å². The van der Waals surface area contributed by atoms with Crippen LogP contribution in [0.4, 0.5) is 5.69 Å². The zero-order valence-corrected chi connectivity index (χ0v) is 12.5. The third kappa shape index (κ3) is 5.73. The second-order valence-electron chi connectivity index (χ2n) is 5.22. The Kier molecular flexibility index (Phi) is 5.59. The monoisotopic (exact) mass is 310 g/mol. The first-order valence-electron chi connectivity index (χ1n) is 7.06. The second-order valence-corrected chi connectivity index (χ2v) is 5.66. The summed E-state index contributed by atoms with van der Waals surface area (Å²) in [6, 6.07) is 7.46. The maximum atomic E-state index is 11.9. The van der Waals surface area contributed by atoms with Crippen molar-refractivity contribution in [2.45, 2.75) is 31.7 Å². The number of carbonyl (C=O) groups excluding carboxylic acids is 1. The molecule has 0 aromatic heterocycles. The van der Waals surface area contributed by atoms with Crippen LogP contribution in [0.1, 0.15) is 25.7 Å². The predicted octanol–water partition coefficient (Wildman–Crippen LogP) is 2.61. The highest BCUT2D eigenvalue weighted by Crippen LogP contribution is 2.27. The Balaban J connectivity index is 1.77. The van der Waals surface area contributed by atoms with Crippen molar-refractivity contribution in [3.63, 3.8) is 0 Å². The minimum absolute atomic E-state index is 0.0850. The van der Waals surface area contributed by atoms with E-state index in [0.717, 1.165) is 12.8 Å². The van der Waals surface area contributed by atoms with E-state index in [-0.39, 0.29) is 12.3 Å². The van der Waals surface area contributed by atoms with Gasteiger partial charge in [0, 0.05) is 36.3 Å². The van der Waals surface area contributed by atoms with Gasteiger partial charge in [-0.05, 0) is 31.0 Å². The summed E-state index contributed by atoms with van der Waals surface area (Å²) in [5.74, 6) is -0.887. The molecule has 5 nitrogen and oxygen atoms in total. The molecule has 1 aliphatic rings. The number of rotatable bonds is 8. The lowest BCUT2D eigenvalue weighted by Crippen LogP contribution is -2.31. The van der Waals surface area contributed by atoms with Crippen LogP contribution in [0, 0.1) is 0 Å². The van der Waals surface area contributed by atoms with Crippen molar-refractivity contribution in [3.8, 4) is 0 Å². The summed E-state index contributed by atoms with van der Waals surface area (Å²) in [6.45, 7) is 1.09. The smallest absolute Gasteiger partial charge is 0.304 e. The number of hydrogen-bond donors (Lipinski definition) is 2. The van der Waals surface area contributed by atoms with Crippen molar-refractivity contribution in [3.05, 3.63) is 29.3 Å². The number of nitrogens with one attached hydrogen (secondary N) is 1. The number of anilines is 1. The molecule has 1 aromatic rings. The van der Waals surface area contributed by atoms with Crippen LogP contribution in [0.2, 0.25) is 5.02 Å². The quantitative estimate of drug-likeness (QED) is 0.774. The lowest BCUT2D eigenvalue weighted by molar-refractivity contribution is -0.137. The van der Waals surface area contributed by atoms with E-state index in [1.165, 1.54) is 0 Å². The topological polar surface area (TPSA) is 69.6 Å². The van der Waals surface area contributed by atoms with Gasteiger partial charge < -0.3 is 10.4 Å². The van der Waals surface area contributed by atoms with Gasteiger partial charge in [0.25, 0.3) is 0 Å². The molecule has 2 rings (SSSR count). The van der Waals surface area contributed by atoms with E-state index in [1.807, 2.05) is 0 Å². The number of nitrogens with zero attached hydrogens (tertiary/aromatic N) is 1. The van der Waals surface area contributed by atoms with Crippen LogP contribution in [-0.2, 0) is 9.59 Å². The summed E-state index contributed by atoms with van der Waals surface area (Å²) < 4.78 is 0. The largest absolute Gasteiger partial charge is 0.481 e. The van der Waals surface area contributed by atoms with Crippen LogP contribution >= 0.6 is 11.6 Å². The molecule has 0 heterocycles. The Morgan fingerprint density at radius 2 is 2.00 bits per heavy atom. The van der Waals surface area contributed by atoms with E-state index in [2.05, 4.69) is 10.2 Å². The zero-order chi connectivity index (χ0) is 15.2. The third-order valence-corrected chi connectivity index (χ3v) is 3.65. The van der Waals surface area contributed by atoms with Gasteiger partial charge >= 0.3 is 5.97 Å². The normalized spacial score (nSPS) is 14.2. The number of aliphatic carboxylic acids is 1. The van der Waals surface area contributed by atoms with Gasteiger partial charge in [-0.2, -0.15) is 0 Å². The molecule has 1 aromatic carbocycles. The molecule has 1 fully saturated rings. The Hall–Kier alpha value is -1.59. The highest BCUT2D eigenvalue weighted by molar-refractivity contribution is 6.30. The molecule has 6 heteroatoms. The molecule has 1 aliphatic carbocycles. The molecule has 0 spiro atoms. The van der Waals surface area contributed by atoms with E-state index in [9.17, 15) is 9.59 Å². The Labute approximate surface area is 128 Å². The molecule has 2 N–H and O–H groups in total. The van der Waals surface area contributed by atoms with Gasteiger partial charge in [-0.3, -0.25) is 14.5 Å². The van der Waals surface area contributed by atoms with Crippen LogP contribution in [-0.4, -0.2) is 41.0 Å². The first kappa shape index (κ1) is 15.8. The SMILES string of the molecule is O=C(O)CCN(CCC(=O)Nc1cccc(Cl)c1)C1CC1. The Morgan fingerprint density at radius 3 is 2.62 bits per heavy atom. The van der Waals surface area contributed by atoms with Crippen molar-refractivity contribution in [2.24, 2.45) is 0 Å². The summed E-state index contributed by atoms with van der Waals surface area (Å²) in [5, 5.41) is 12.1. The minimum atomic E-state index is -0.802. The number of hydrogen-bond acceptors (Lipinski definition) is 3. The molecule has 0 unspecified atom stereocenters. The van der Waals surface area contributed by atoms with Gasteiger partial charge in [-0.15, -0.1) is 0 Å². The van der Waals surface area contributed by atoms with Crippen LogP contribution in [0.5, 0.6) is 0 Å². The second kappa shape index (κ2) is 7.43. The molecule has 1 amide bonds. The van der Waals surface area contributed by atoms with Crippen molar-refractivity contribution in [2.75, 3.05) is 18.4 Å². The Bertz CT molecular complexity index is 517. The molecule has 0 radical (unpaired) electrons. The summed E-state index contributed by atoms with van der Waals surface area (Å²) in [6.07, 6.45) is 2.65. The lowest BCUT2D eigenvalue weighted by Gasteiger charge is -2.20. The number of benzene rings is 1. The zero-order valence-electron chi connectivity index (χ0n) is 11.7. The maximum Gasteiger partial charge on any atom is 0.304 e. The van der Waals surface area contributed by atoms with E-state index >= 15 is 0 Å². The number of carboxylic acids is 1. The van der Waals surface area contributed by atoms with Gasteiger partial charge in [0.15, 0.2) is 0 Å². The van der Waals surface area contributed by atoms with E-state index in [0.29, 0.717) is 36.3 Å². The molecule has 0 saturated heterocycles. The number of halogens is 1. The highest BCUT2D eigenvalue weighted by Gasteiger charge is 2.29. The van der Waals surface area contributed by atoms with Crippen molar-refractivity contribution in [1.82, 2.24) is 4.90 Å². The molecular formula is C15H19ClN2O3. The molecular weight excluding hydrogens is 292 g/mol. The van der Waals surface area contributed by atoms with Gasteiger partial charge in [-0.25, -0.2) is 0 Å². The molecule has 0 aliphatic heterocycles. The average molecular weight is 311 g/mol. The van der Waals surface area contributed by atoms with Crippen LogP contribution in [0.3, 0.4) is 0 Å². The molecule has 1 saturated carbocycles. The fourth-order valence-electron chi connectivity index (χ4n) is 2.19. The first-order chi connectivity index (χ1) is 10.0. The maximum absolute atomic E-state index is 11.9. The first-order valence-corrected chi connectivity index (χ1v) is 7.43. The number of amides is 1. The van der Waals surface area contributed by atoms with Gasteiger partial charge in [-0.1, -0.05) is 17.7 Å². The molecule has 114 valence electrons. The van der Waals surface area contributed by atoms with E-state index in [4.69, 9.17) is 16.7 Å². The average Bonchev–Trinajstić information content (AvgIpc) is 3.23. The third-order valence-electron chi connectivity index (χ3n) is 3.41. The summed E-state index contributed by atoms with van der Waals surface area (Å²) >= 11 is 5.86. The number of carboxylic acid groups (broad SMARTS) is 1. The summed E-state index contributed by atoms with van der Waals surface area (Å²) in [4.78, 5) is 24.6. The van der Waals surface area contributed by atoms with Crippen LogP contribution in [0.25, 0.3) is 0 Å². The highest BCUT2D eigenvalue weighted by atomic mass is 35.5. The molecule has 0 bridgehead atoms. The molecule has 21 heavy (non-hydrogen) atoms. The fourth-order valence-corrected chi connectivity index (χ4v) is 2.38. The van der Waals surface area contributed by atoms with Crippen LogP contribution < -0.4 is 5.32 Å². The summed E-state index contributed by atoms with van der Waals surface area (Å²) in [5.41, 5.74) is 0.677. The van der Waals surface area contributed by atoms with Gasteiger partial charge in [0.1, 0.15) is 0 Å². The fraction of sp³-hybridized carbons (Fsp3) is 0.467. The summed E-state index contributed by atoms with van der Waals surface area (Å²) in [7, 11) is 0.